The predicted molar refractivity (Wildman–Crippen MR) is 65.1 cm³/mol. The summed E-state index contributed by atoms with van der Waals surface area (Å²) in [6.45, 7) is 6.12. The van der Waals surface area contributed by atoms with Gasteiger partial charge in [-0.3, -0.25) is 13.6 Å². The fraction of sp³-hybridized carbons (Fsp3) is 0.500. The summed E-state index contributed by atoms with van der Waals surface area (Å²) < 4.78 is 15.9. The maximum atomic E-state index is 5.29. The Morgan fingerprint density at radius 3 is 1.25 bits per heavy atom. The zero-order valence-corrected chi connectivity index (χ0v) is 10.7. The highest BCUT2D eigenvalue weighted by atomic mass is 31.2. The minimum atomic E-state index is -1.40. The molecule has 3 nitrogen and oxygen atoms in total. The third-order valence-corrected chi connectivity index (χ3v) is 2.28. The summed E-state index contributed by atoms with van der Waals surface area (Å²) in [4.78, 5) is 0. The van der Waals surface area contributed by atoms with Gasteiger partial charge in [-0.1, -0.05) is 17.8 Å². The molecule has 0 aliphatic carbocycles. The van der Waals surface area contributed by atoms with E-state index in [4.69, 9.17) is 13.6 Å². The highest BCUT2D eigenvalue weighted by Gasteiger charge is 2.10. The van der Waals surface area contributed by atoms with Crippen LogP contribution >= 0.6 is 8.60 Å². The fourth-order valence-corrected chi connectivity index (χ4v) is 1.32. The van der Waals surface area contributed by atoms with Gasteiger partial charge in [0.15, 0.2) is 0 Å². The molecule has 0 bridgehead atoms. The summed E-state index contributed by atoms with van der Waals surface area (Å²) in [6, 6.07) is 0. The first kappa shape index (κ1) is 15.0. The van der Waals surface area contributed by atoms with Crippen molar-refractivity contribution in [2.24, 2.45) is 0 Å². The minimum absolute atomic E-state index is 0.293. The Labute approximate surface area is 98.9 Å². The van der Waals surface area contributed by atoms with E-state index in [0.29, 0.717) is 19.8 Å². The van der Waals surface area contributed by atoms with Gasteiger partial charge in [-0.15, -0.1) is 17.8 Å². The average molecular weight is 238 g/mol. The first-order chi connectivity index (χ1) is 7.85. The normalized spacial score (nSPS) is 8.25. The second kappa shape index (κ2) is 12.1. The van der Waals surface area contributed by atoms with Crippen molar-refractivity contribution in [3.05, 3.63) is 0 Å². The third-order valence-electron chi connectivity index (χ3n) is 1.26. The maximum Gasteiger partial charge on any atom is 0.335 e. The van der Waals surface area contributed by atoms with E-state index in [2.05, 4.69) is 35.5 Å². The molecule has 0 aromatic rings. The molecule has 0 aromatic carbocycles. The summed E-state index contributed by atoms with van der Waals surface area (Å²) in [7, 11) is -1.40. The molecule has 0 heterocycles. The molecule has 0 radical (unpaired) electrons. The van der Waals surface area contributed by atoms with E-state index in [1.165, 1.54) is 0 Å². The fourth-order valence-electron chi connectivity index (χ4n) is 0.583. The monoisotopic (exact) mass is 238 g/mol. The van der Waals surface area contributed by atoms with Gasteiger partial charge in [-0.2, -0.15) is 0 Å². The molecule has 0 aromatic heterocycles. The summed E-state index contributed by atoms with van der Waals surface area (Å²) >= 11 is 0. The van der Waals surface area contributed by atoms with E-state index in [1.54, 1.807) is 20.8 Å². The van der Waals surface area contributed by atoms with Crippen LogP contribution in [-0.2, 0) is 13.6 Å². The molecule has 0 aliphatic heterocycles. The molecule has 0 spiro atoms. The maximum absolute atomic E-state index is 5.29. The number of hydrogen-bond acceptors (Lipinski definition) is 3. The number of rotatable bonds is 6. The van der Waals surface area contributed by atoms with Gasteiger partial charge in [0, 0.05) is 0 Å². The molecule has 0 saturated heterocycles. The van der Waals surface area contributed by atoms with Crippen LogP contribution in [0.2, 0.25) is 0 Å². The smallest absolute Gasteiger partial charge is 0.299 e. The van der Waals surface area contributed by atoms with Crippen molar-refractivity contribution in [3.8, 4) is 35.5 Å². The van der Waals surface area contributed by atoms with Crippen LogP contribution in [0.1, 0.15) is 20.8 Å². The molecule has 0 atom stereocenters. The van der Waals surface area contributed by atoms with Crippen LogP contribution in [0.4, 0.5) is 0 Å². The molecule has 0 aliphatic rings. The van der Waals surface area contributed by atoms with Crippen LogP contribution in [-0.4, -0.2) is 19.8 Å². The first-order valence-electron chi connectivity index (χ1n) is 4.72. The Kier molecular flexibility index (Phi) is 11.3. The molecule has 0 unspecified atom stereocenters. The van der Waals surface area contributed by atoms with E-state index in [9.17, 15) is 0 Å². The lowest BCUT2D eigenvalue weighted by Gasteiger charge is -2.12. The van der Waals surface area contributed by atoms with Gasteiger partial charge < -0.3 is 0 Å². The molecule has 0 N–H and O–H groups in total. The summed E-state index contributed by atoms with van der Waals surface area (Å²) in [5.41, 5.74) is 0. The highest BCUT2D eigenvalue weighted by Crippen LogP contribution is 2.38. The molecule has 86 valence electrons. The van der Waals surface area contributed by atoms with Crippen molar-refractivity contribution >= 4 is 8.60 Å². The van der Waals surface area contributed by atoms with Gasteiger partial charge in [0.2, 0.25) is 0 Å². The molecule has 0 fully saturated rings. The van der Waals surface area contributed by atoms with E-state index < -0.39 is 8.60 Å². The molecule has 4 heteroatoms. The molecular weight excluding hydrogens is 223 g/mol. The van der Waals surface area contributed by atoms with Crippen LogP contribution in [0, 0.1) is 35.5 Å². The van der Waals surface area contributed by atoms with Gasteiger partial charge in [-0.05, 0) is 20.8 Å². The Morgan fingerprint density at radius 1 is 0.688 bits per heavy atom. The molecule has 16 heavy (non-hydrogen) atoms. The van der Waals surface area contributed by atoms with Gasteiger partial charge in [-0.25, -0.2) is 0 Å². The largest absolute Gasteiger partial charge is 0.335 e. The Morgan fingerprint density at radius 2 is 1.00 bits per heavy atom. The van der Waals surface area contributed by atoms with Crippen molar-refractivity contribution in [3.63, 3.8) is 0 Å². The van der Waals surface area contributed by atoms with Crippen LogP contribution in [0.5, 0.6) is 0 Å². The van der Waals surface area contributed by atoms with E-state index in [-0.39, 0.29) is 0 Å². The van der Waals surface area contributed by atoms with Crippen LogP contribution in [0.3, 0.4) is 0 Å². The molecular formula is C12H15O3P. The van der Waals surface area contributed by atoms with E-state index in [0.717, 1.165) is 0 Å². The van der Waals surface area contributed by atoms with Gasteiger partial charge in [0.1, 0.15) is 19.8 Å². The predicted octanol–water partition coefficient (Wildman–Crippen LogP) is 2.33. The van der Waals surface area contributed by atoms with Crippen molar-refractivity contribution in [1.82, 2.24) is 0 Å². The van der Waals surface area contributed by atoms with Gasteiger partial charge in [0.05, 0.1) is 0 Å². The lowest BCUT2D eigenvalue weighted by molar-refractivity contribution is 0.200. The zero-order valence-electron chi connectivity index (χ0n) is 9.79. The van der Waals surface area contributed by atoms with Crippen molar-refractivity contribution in [1.29, 1.82) is 0 Å². The Bertz CT molecular complexity index is 289. The lowest BCUT2D eigenvalue weighted by Crippen LogP contribution is -1.97. The van der Waals surface area contributed by atoms with E-state index in [1.807, 2.05) is 0 Å². The summed E-state index contributed by atoms with van der Waals surface area (Å²) in [5.74, 6) is 16.5. The third kappa shape index (κ3) is 9.54. The molecule has 0 amide bonds. The van der Waals surface area contributed by atoms with Crippen molar-refractivity contribution in [2.75, 3.05) is 19.8 Å². The molecule has 0 rings (SSSR count). The van der Waals surface area contributed by atoms with Gasteiger partial charge in [0.25, 0.3) is 0 Å². The zero-order chi connectivity index (χ0) is 12.1. The second-order valence-corrected chi connectivity index (χ2v) is 3.55. The van der Waals surface area contributed by atoms with Crippen molar-refractivity contribution < 1.29 is 13.6 Å². The quantitative estimate of drug-likeness (QED) is 0.525. The SMILES string of the molecule is CC#CCOP(OCC#CC)OCC#CC. The second-order valence-electron chi connectivity index (χ2n) is 2.32. The number of hydrogen-bond donors (Lipinski definition) is 0. The summed E-state index contributed by atoms with van der Waals surface area (Å²) in [6.07, 6.45) is 0. The first-order valence-corrected chi connectivity index (χ1v) is 5.82. The standard InChI is InChI=1S/C12H15O3P/c1-4-7-10-13-16(14-11-8-5-2)15-12-9-6-3/h10-12H2,1-3H3. The van der Waals surface area contributed by atoms with Crippen LogP contribution in [0.25, 0.3) is 0 Å². The van der Waals surface area contributed by atoms with E-state index >= 15 is 0 Å². The molecule has 0 saturated carbocycles. The van der Waals surface area contributed by atoms with Crippen LogP contribution in [0.15, 0.2) is 0 Å². The average Bonchev–Trinajstić information content (AvgIpc) is 2.29. The minimum Gasteiger partial charge on any atom is -0.299 e. The van der Waals surface area contributed by atoms with Gasteiger partial charge >= 0.3 is 8.60 Å². The topological polar surface area (TPSA) is 27.7 Å². The van der Waals surface area contributed by atoms with Crippen LogP contribution < -0.4 is 0 Å². The highest BCUT2D eigenvalue weighted by molar-refractivity contribution is 7.41. The van der Waals surface area contributed by atoms with Crippen molar-refractivity contribution in [2.45, 2.75) is 20.8 Å². The lowest BCUT2D eigenvalue weighted by atomic mass is 10.6. The Hall–Kier alpha value is -1.01. The Balaban J connectivity index is 3.93. The summed E-state index contributed by atoms with van der Waals surface area (Å²) in [5, 5.41) is 0.